The second-order valence-corrected chi connectivity index (χ2v) is 3.76. The average molecular weight is 207 g/mol. The summed E-state index contributed by atoms with van der Waals surface area (Å²) in [5.41, 5.74) is 2.20. The van der Waals surface area contributed by atoms with E-state index in [1.807, 2.05) is 42.5 Å². The number of benzene rings is 1. The number of hydrogen-bond donors (Lipinski definition) is 0. The summed E-state index contributed by atoms with van der Waals surface area (Å²) in [5.74, 6) is 0.884. The van der Waals surface area contributed by atoms with Crippen molar-refractivity contribution in [3.63, 3.8) is 0 Å². The van der Waals surface area contributed by atoms with Crippen LogP contribution in [0.15, 0.2) is 66.3 Å². The van der Waals surface area contributed by atoms with Gasteiger partial charge in [0.1, 0.15) is 11.9 Å². The van der Waals surface area contributed by atoms with Gasteiger partial charge in [-0.05, 0) is 23.8 Å². The molecule has 0 spiro atoms. The maximum absolute atomic E-state index is 5.90. The zero-order valence-corrected chi connectivity index (χ0v) is 8.76. The highest BCUT2D eigenvalue weighted by molar-refractivity contribution is 5.64. The van der Waals surface area contributed by atoms with Gasteiger partial charge in [0.2, 0.25) is 0 Å². The molecular weight excluding hydrogens is 196 g/mol. The molecule has 0 N–H and O–H groups in total. The molecule has 0 saturated heterocycles. The van der Waals surface area contributed by atoms with Crippen LogP contribution in [0.4, 0.5) is 0 Å². The molecule has 1 unspecified atom stereocenters. The van der Waals surface area contributed by atoms with Crippen LogP contribution in [0.1, 0.15) is 5.56 Å². The van der Waals surface area contributed by atoms with Crippen LogP contribution in [-0.2, 0) is 4.74 Å². The lowest BCUT2D eigenvalue weighted by Gasteiger charge is -2.24. The fraction of sp³-hybridized carbons (Fsp3) is 0.0667. The Kier molecular flexibility index (Phi) is 2.22. The molecule has 77 valence electrons. The molecule has 0 bridgehead atoms. The quantitative estimate of drug-likeness (QED) is 0.686. The Morgan fingerprint density at radius 3 is 3.00 bits per heavy atom. The fourth-order valence-corrected chi connectivity index (χ4v) is 1.84. The highest BCUT2D eigenvalue weighted by atomic mass is 16.5. The van der Waals surface area contributed by atoms with Crippen molar-refractivity contribution in [3.05, 3.63) is 77.9 Å². The van der Waals surface area contributed by atoms with Crippen LogP contribution in [-0.4, -0.2) is 6.10 Å². The summed E-state index contributed by atoms with van der Waals surface area (Å²) in [6.45, 7) is 0. The molecule has 0 saturated carbocycles. The normalized spacial score (nSPS) is 21.9. The third-order valence-electron chi connectivity index (χ3n) is 2.67. The molecular formula is C15H11O. The summed E-state index contributed by atoms with van der Waals surface area (Å²) in [5, 5.41) is 0. The fourth-order valence-electron chi connectivity index (χ4n) is 1.84. The largest absolute Gasteiger partial charge is 0.481 e. The third-order valence-corrected chi connectivity index (χ3v) is 2.67. The average Bonchev–Trinajstić information content (AvgIpc) is 2.39. The Hall–Kier alpha value is -2.02. The minimum Gasteiger partial charge on any atom is -0.481 e. The number of allylic oxidation sites excluding steroid dienone is 4. The maximum atomic E-state index is 5.90. The molecule has 1 atom stereocenters. The van der Waals surface area contributed by atoms with E-state index in [4.69, 9.17) is 4.74 Å². The van der Waals surface area contributed by atoms with Crippen molar-refractivity contribution < 1.29 is 4.74 Å². The van der Waals surface area contributed by atoms with Crippen molar-refractivity contribution in [2.45, 2.75) is 6.10 Å². The zero-order valence-electron chi connectivity index (χ0n) is 8.76. The highest BCUT2D eigenvalue weighted by Gasteiger charge is 2.18. The molecule has 1 nitrogen and oxygen atoms in total. The van der Waals surface area contributed by atoms with E-state index in [9.17, 15) is 0 Å². The lowest BCUT2D eigenvalue weighted by molar-refractivity contribution is 0.242. The van der Waals surface area contributed by atoms with Gasteiger partial charge in [0.25, 0.3) is 0 Å². The number of hydrogen-bond acceptors (Lipinski definition) is 1. The predicted octanol–water partition coefficient (Wildman–Crippen LogP) is 3.28. The van der Waals surface area contributed by atoms with Crippen molar-refractivity contribution in [1.82, 2.24) is 0 Å². The first-order valence-corrected chi connectivity index (χ1v) is 5.34. The number of ether oxygens (including phenoxy) is 1. The number of rotatable bonds is 1. The van der Waals surface area contributed by atoms with Gasteiger partial charge in [-0.15, -0.1) is 0 Å². The van der Waals surface area contributed by atoms with Crippen molar-refractivity contribution in [1.29, 1.82) is 0 Å². The molecule has 3 rings (SSSR count). The van der Waals surface area contributed by atoms with Gasteiger partial charge in [-0.25, -0.2) is 0 Å². The van der Waals surface area contributed by atoms with Gasteiger partial charge in [-0.1, -0.05) is 48.6 Å². The molecule has 1 aliphatic heterocycles. The summed E-state index contributed by atoms with van der Waals surface area (Å²) < 4.78 is 5.90. The van der Waals surface area contributed by atoms with Gasteiger partial charge >= 0.3 is 0 Å². The molecule has 1 radical (unpaired) electrons. The third kappa shape index (κ3) is 1.61. The predicted molar refractivity (Wildman–Crippen MR) is 64.5 cm³/mol. The van der Waals surface area contributed by atoms with Crippen molar-refractivity contribution in [3.8, 4) is 0 Å². The molecule has 1 aromatic carbocycles. The van der Waals surface area contributed by atoms with Crippen LogP contribution in [0.3, 0.4) is 0 Å². The molecule has 0 aromatic heterocycles. The van der Waals surface area contributed by atoms with Gasteiger partial charge in [0, 0.05) is 5.56 Å². The van der Waals surface area contributed by atoms with E-state index >= 15 is 0 Å². The van der Waals surface area contributed by atoms with Crippen LogP contribution < -0.4 is 0 Å². The molecule has 2 aliphatic rings. The van der Waals surface area contributed by atoms with Gasteiger partial charge in [-0.2, -0.15) is 0 Å². The number of fused-ring (bicyclic) bond motifs is 1. The minimum absolute atomic E-state index is 0.0543. The van der Waals surface area contributed by atoms with Crippen LogP contribution in [0.25, 0.3) is 5.76 Å². The molecule has 0 amide bonds. The van der Waals surface area contributed by atoms with Gasteiger partial charge in [-0.3, -0.25) is 0 Å². The summed E-state index contributed by atoms with van der Waals surface area (Å²) in [4.78, 5) is 0. The van der Waals surface area contributed by atoms with Crippen molar-refractivity contribution >= 4 is 5.76 Å². The summed E-state index contributed by atoms with van der Waals surface area (Å²) >= 11 is 0. The second-order valence-electron chi connectivity index (χ2n) is 3.76. The first kappa shape index (κ1) is 9.22. The maximum Gasteiger partial charge on any atom is 0.142 e. The molecule has 1 heterocycles. The standard InChI is InChI=1S/C15H11O/c1-2-6-12(7-3-1)15-11-10-13-8-4-5-9-14(13)16-15/h1-6,8-11,14H. The van der Waals surface area contributed by atoms with Crippen LogP contribution in [0.5, 0.6) is 0 Å². The molecule has 1 aromatic rings. The smallest absolute Gasteiger partial charge is 0.142 e. The Morgan fingerprint density at radius 1 is 1.12 bits per heavy atom. The van der Waals surface area contributed by atoms with Crippen LogP contribution in [0, 0.1) is 6.07 Å². The van der Waals surface area contributed by atoms with E-state index in [0.29, 0.717) is 0 Å². The molecule has 16 heavy (non-hydrogen) atoms. The lowest BCUT2D eigenvalue weighted by Crippen LogP contribution is -2.15. The topological polar surface area (TPSA) is 9.23 Å². The van der Waals surface area contributed by atoms with Gasteiger partial charge in [0.05, 0.1) is 0 Å². The molecule has 0 fully saturated rings. The Labute approximate surface area is 95.1 Å². The highest BCUT2D eigenvalue weighted by Crippen LogP contribution is 2.27. The minimum atomic E-state index is 0.0543. The van der Waals surface area contributed by atoms with Crippen LogP contribution in [0.2, 0.25) is 0 Å². The van der Waals surface area contributed by atoms with E-state index in [1.54, 1.807) is 0 Å². The molecule has 1 heteroatoms. The zero-order chi connectivity index (χ0) is 10.8. The van der Waals surface area contributed by atoms with Crippen LogP contribution >= 0.6 is 0 Å². The van der Waals surface area contributed by atoms with Gasteiger partial charge < -0.3 is 4.74 Å². The van der Waals surface area contributed by atoms with E-state index < -0.39 is 0 Å². The Bertz CT molecular complexity index is 503. The first-order chi connectivity index (χ1) is 7.93. The van der Waals surface area contributed by atoms with E-state index in [0.717, 1.165) is 11.3 Å². The second kappa shape index (κ2) is 3.86. The van der Waals surface area contributed by atoms with E-state index in [1.165, 1.54) is 5.57 Å². The molecule has 1 aliphatic carbocycles. The Morgan fingerprint density at radius 2 is 2.12 bits per heavy atom. The Balaban J connectivity index is 1.95. The van der Waals surface area contributed by atoms with Gasteiger partial charge in [0.15, 0.2) is 0 Å². The summed E-state index contributed by atoms with van der Waals surface area (Å²) in [6, 6.07) is 11.0. The summed E-state index contributed by atoms with van der Waals surface area (Å²) in [7, 11) is 0. The lowest BCUT2D eigenvalue weighted by atomic mass is 10.0. The summed E-state index contributed by atoms with van der Waals surface area (Å²) in [6.07, 6.45) is 12.3. The monoisotopic (exact) mass is 207 g/mol. The van der Waals surface area contributed by atoms with Crippen molar-refractivity contribution in [2.75, 3.05) is 0 Å². The van der Waals surface area contributed by atoms with Crippen molar-refractivity contribution in [2.24, 2.45) is 0 Å². The first-order valence-electron chi connectivity index (χ1n) is 5.34. The van der Waals surface area contributed by atoms with E-state index in [2.05, 4.69) is 24.3 Å². The SMILES string of the molecule is [c]1ccccc1C1=CC=C2C=CC=CC2O1. The van der Waals surface area contributed by atoms with E-state index in [-0.39, 0.29) is 6.10 Å².